The van der Waals surface area contributed by atoms with Gasteiger partial charge in [0.15, 0.2) is 18.1 Å². The molecule has 0 unspecified atom stereocenters. The molecular formula is C25H17N7O2. The molecule has 0 aliphatic carbocycles. The number of benzene rings is 2. The quantitative estimate of drug-likeness (QED) is 0.421. The molecular weight excluding hydrogens is 430 g/mol. The molecule has 0 fully saturated rings. The summed E-state index contributed by atoms with van der Waals surface area (Å²) in [5.74, 6) is 0.635. The molecule has 1 N–H and O–H groups in total. The van der Waals surface area contributed by atoms with Crippen molar-refractivity contribution in [2.75, 3.05) is 11.9 Å². The number of nitriles is 1. The van der Waals surface area contributed by atoms with Gasteiger partial charge in [0.1, 0.15) is 11.8 Å². The molecule has 3 heterocycles. The second-order valence-electron chi connectivity index (χ2n) is 7.27. The number of rotatable bonds is 6. The Morgan fingerprint density at radius 1 is 0.971 bits per heavy atom. The molecule has 1 amide bonds. The third-order valence-corrected chi connectivity index (χ3v) is 5.01. The second-order valence-corrected chi connectivity index (χ2v) is 7.27. The molecule has 164 valence electrons. The van der Waals surface area contributed by atoms with Crippen LogP contribution in [0.25, 0.3) is 28.3 Å². The maximum absolute atomic E-state index is 12.4. The molecule has 34 heavy (non-hydrogen) atoms. The van der Waals surface area contributed by atoms with Gasteiger partial charge in [-0.1, -0.05) is 24.3 Å². The lowest BCUT2D eigenvalue weighted by atomic mass is 10.1. The SMILES string of the molecule is N#Cc1ccccc1OCC(=O)Nc1cccc(-c2ccc3nnc(-c4ccncc4)n3n2)c1. The van der Waals surface area contributed by atoms with Crippen LogP contribution in [0.2, 0.25) is 0 Å². The summed E-state index contributed by atoms with van der Waals surface area (Å²) >= 11 is 0. The van der Waals surface area contributed by atoms with Crippen LogP contribution in [0.15, 0.2) is 85.2 Å². The van der Waals surface area contributed by atoms with E-state index >= 15 is 0 Å². The lowest BCUT2D eigenvalue weighted by molar-refractivity contribution is -0.118. The standard InChI is InChI=1S/C25H17N7O2/c26-15-19-4-1-2-7-22(19)34-16-24(33)28-20-6-3-5-18(14-20)21-8-9-23-29-30-25(32(23)31-21)17-10-12-27-13-11-17/h1-14H,16H2,(H,28,33). The first kappa shape index (κ1) is 20.8. The number of nitrogens with one attached hydrogen (secondary N) is 1. The van der Waals surface area contributed by atoms with Gasteiger partial charge in [0.25, 0.3) is 5.91 Å². The molecule has 0 spiro atoms. The topological polar surface area (TPSA) is 118 Å². The summed E-state index contributed by atoms with van der Waals surface area (Å²) in [6.45, 7) is -0.219. The van der Waals surface area contributed by atoms with Gasteiger partial charge in [-0.05, 0) is 48.5 Å². The molecule has 0 bridgehead atoms. The summed E-state index contributed by atoms with van der Waals surface area (Å²) in [4.78, 5) is 16.5. The second kappa shape index (κ2) is 9.18. The highest BCUT2D eigenvalue weighted by molar-refractivity contribution is 5.92. The maximum atomic E-state index is 12.4. The average molecular weight is 447 g/mol. The number of hydrogen-bond donors (Lipinski definition) is 1. The van der Waals surface area contributed by atoms with Crippen LogP contribution in [0, 0.1) is 11.3 Å². The zero-order valence-electron chi connectivity index (χ0n) is 17.8. The minimum atomic E-state index is -0.341. The lowest BCUT2D eigenvalue weighted by Crippen LogP contribution is -2.20. The van der Waals surface area contributed by atoms with Crippen molar-refractivity contribution in [1.29, 1.82) is 5.26 Å². The van der Waals surface area contributed by atoms with Crippen molar-refractivity contribution in [3.63, 3.8) is 0 Å². The Hall–Kier alpha value is -5.10. The van der Waals surface area contributed by atoms with Crippen molar-refractivity contribution in [3.8, 4) is 34.5 Å². The third kappa shape index (κ3) is 4.28. The number of nitrogens with zero attached hydrogens (tertiary/aromatic N) is 6. The number of hydrogen-bond acceptors (Lipinski definition) is 7. The molecule has 5 rings (SSSR count). The highest BCUT2D eigenvalue weighted by Crippen LogP contribution is 2.23. The van der Waals surface area contributed by atoms with Gasteiger partial charge in [0.05, 0.1) is 11.3 Å². The summed E-state index contributed by atoms with van der Waals surface area (Å²) in [6, 6.07) is 23.5. The maximum Gasteiger partial charge on any atom is 0.262 e. The summed E-state index contributed by atoms with van der Waals surface area (Å²) in [6.07, 6.45) is 3.38. The molecule has 0 saturated heterocycles. The third-order valence-electron chi connectivity index (χ3n) is 5.01. The Bertz CT molecular complexity index is 1520. The van der Waals surface area contributed by atoms with Crippen LogP contribution in [0.5, 0.6) is 5.75 Å². The van der Waals surface area contributed by atoms with Crippen LogP contribution in [-0.4, -0.2) is 37.3 Å². The Labute approximate surface area is 194 Å². The van der Waals surface area contributed by atoms with E-state index in [0.29, 0.717) is 34.2 Å². The van der Waals surface area contributed by atoms with Crippen molar-refractivity contribution in [2.24, 2.45) is 0 Å². The number of ether oxygens (including phenoxy) is 1. The number of carbonyl (C=O) groups excluding carboxylic acids is 1. The normalized spacial score (nSPS) is 10.6. The van der Waals surface area contributed by atoms with Crippen molar-refractivity contribution in [2.45, 2.75) is 0 Å². The van der Waals surface area contributed by atoms with E-state index < -0.39 is 0 Å². The first-order valence-electron chi connectivity index (χ1n) is 10.4. The first-order valence-corrected chi connectivity index (χ1v) is 10.4. The van der Waals surface area contributed by atoms with E-state index in [0.717, 1.165) is 11.1 Å². The van der Waals surface area contributed by atoms with Gasteiger partial charge in [-0.3, -0.25) is 9.78 Å². The number of para-hydroxylation sites is 1. The minimum Gasteiger partial charge on any atom is -0.482 e. The van der Waals surface area contributed by atoms with E-state index in [-0.39, 0.29) is 12.5 Å². The number of amides is 1. The lowest BCUT2D eigenvalue weighted by Gasteiger charge is -2.10. The van der Waals surface area contributed by atoms with E-state index in [1.54, 1.807) is 47.2 Å². The molecule has 5 aromatic rings. The van der Waals surface area contributed by atoms with E-state index in [1.807, 2.05) is 48.5 Å². The van der Waals surface area contributed by atoms with Gasteiger partial charge >= 0.3 is 0 Å². The smallest absolute Gasteiger partial charge is 0.262 e. The molecule has 0 aliphatic rings. The van der Waals surface area contributed by atoms with Crippen molar-refractivity contribution in [3.05, 3.63) is 90.8 Å². The summed E-state index contributed by atoms with van der Waals surface area (Å²) in [5.41, 5.74) is 3.95. The van der Waals surface area contributed by atoms with Crippen LogP contribution in [0.4, 0.5) is 5.69 Å². The summed E-state index contributed by atoms with van der Waals surface area (Å²) < 4.78 is 7.18. The molecule has 0 aliphatic heterocycles. The zero-order valence-corrected chi connectivity index (χ0v) is 17.8. The van der Waals surface area contributed by atoms with Crippen molar-refractivity contribution in [1.82, 2.24) is 24.8 Å². The van der Waals surface area contributed by atoms with Crippen LogP contribution < -0.4 is 10.1 Å². The number of pyridine rings is 1. The number of anilines is 1. The van der Waals surface area contributed by atoms with Crippen LogP contribution in [0.1, 0.15) is 5.56 Å². The Balaban J connectivity index is 1.35. The molecule has 9 nitrogen and oxygen atoms in total. The van der Waals surface area contributed by atoms with Gasteiger partial charge < -0.3 is 10.1 Å². The molecule has 0 atom stereocenters. The van der Waals surface area contributed by atoms with E-state index in [9.17, 15) is 4.79 Å². The predicted octanol–water partition coefficient (Wildman–Crippen LogP) is 3.74. The fourth-order valence-corrected chi connectivity index (χ4v) is 3.41. The van der Waals surface area contributed by atoms with E-state index in [4.69, 9.17) is 15.1 Å². The minimum absolute atomic E-state index is 0.219. The summed E-state index contributed by atoms with van der Waals surface area (Å²) in [5, 5.41) is 25.1. The van der Waals surface area contributed by atoms with Gasteiger partial charge in [-0.2, -0.15) is 14.9 Å². The molecule has 0 saturated carbocycles. The van der Waals surface area contributed by atoms with Gasteiger partial charge in [0, 0.05) is 29.2 Å². The van der Waals surface area contributed by atoms with E-state index in [1.165, 1.54) is 0 Å². The largest absolute Gasteiger partial charge is 0.482 e. The molecule has 9 heteroatoms. The van der Waals surface area contributed by atoms with Crippen molar-refractivity contribution < 1.29 is 9.53 Å². The number of aromatic nitrogens is 5. The van der Waals surface area contributed by atoms with Crippen molar-refractivity contribution >= 4 is 17.2 Å². The van der Waals surface area contributed by atoms with Gasteiger partial charge in [-0.15, -0.1) is 10.2 Å². The first-order chi connectivity index (χ1) is 16.7. The van der Waals surface area contributed by atoms with Crippen LogP contribution in [0.3, 0.4) is 0 Å². The highest BCUT2D eigenvalue weighted by Gasteiger charge is 2.12. The monoisotopic (exact) mass is 447 g/mol. The van der Waals surface area contributed by atoms with E-state index in [2.05, 4.69) is 20.5 Å². The summed E-state index contributed by atoms with van der Waals surface area (Å²) in [7, 11) is 0. The van der Waals surface area contributed by atoms with Crippen LogP contribution in [-0.2, 0) is 4.79 Å². The van der Waals surface area contributed by atoms with Crippen LogP contribution >= 0.6 is 0 Å². The molecule has 3 aromatic heterocycles. The predicted molar refractivity (Wildman–Crippen MR) is 125 cm³/mol. The average Bonchev–Trinajstić information content (AvgIpc) is 3.31. The Morgan fingerprint density at radius 3 is 2.68 bits per heavy atom. The number of fused-ring (bicyclic) bond motifs is 1. The van der Waals surface area contributed by atoms with Gasteiger partial charge in [0.2, 0.25) is 0 Å². The Morgan fingerprint density at radius 2 is 1.82 bits per heavy atom. The van der Waals surface area contributed by atoms with Gasteiger partial charge in [-0.25, -0.2) is 0 Å². The highest BCUT2D eigenvalue weighted by atomic mass is 16.5. The fraction of sp³-hybridized carbons (Fsp3) is 0.0400. The Kier molecular flexibility index (Phi) is 5.61. The molecule has 2 aromatic carbocycles. The fourth-order valence-electron chi connectivity index (χ4n) is 3.41. The zero-order chi connectivity index (χ0) is 23.3. The molecule has 0 radical (unpaired) electrons. The number of carbonyl (C=O) groups is 1.